The molecule has 152 valence electrons. The summed E-state index contributed by atoms with van der Waals surface area (Å²) >= 11 is 0. The van der Waals surface area contributed by atoms with Crippen LogP contribution in [-0.4, -0.2) is 0 Å². The molecule has 0 amide bonds. The zero-order chi connectivity index (χ0) is 21.4. The third kappa shape index (κ3) is 2.76. The van der Waals surface area contributed by atoms with E-state index < -0.39 is 6.91 Å². The van der Waals surface area contributed by atoms with E-state index in [0.717, 1.165) is 43.5 Å². The Bertz CT molecular complexity index is 1030. The van der Waals surface area contributed by atoms with Crippen molar-refractivity contribution in [1.29, 1.82) is 0 Å². The van der Waals surface area contributed by atoms with Gasteiger partial charge in [0.2, 0.25) is 0 Å². The van der Waals surface area contributed by atoms with Crippen LogP contribution >= 0.6 is 6.91 Å². The summed E-state index contributed by atoms with van der Waals surface area (Å²) in [6.45, 7) is 3.62. The Labute approximate surface area is 179 Å². The van der Waals surface area contributed by atoms with Gasteiger partial charge in [0, 0.05) is 0 Å². The molecule has 0 bridgehead atoms. The van der Waals surface area contributed by atoms with E-state index in [2.05, 4.69) is 0 Å². The maximum absolute atomic E-state index is 19.3. The van der Waals surface area contributed by atoms with Crippen molar-refractivity contribution < 1.29 is 4.20 Å². The summed E-state index contributed by atoms with van der Waals surface area (Å²) in [5.41, 5.74) is 3.92. The van der Waals surface area contributed by atoms with Crippen molar-refractivity contribution in [2.45, 2.75) is 27.7 Å². The fourth-order valence-corrected chi connectivity index (χ4v) is 10.9. The Morgan fingerprint density at radius 2 is 0.600 bits per heavy atom. The molecule has 4 aromatic rings. The van der Waals surface area contributed by atoms with E-state index in [1.165, 1.54) is 0 Å². The van der Waals surface area contributed by atoms with Gasteiger partial charge in [-0.2, -0.15) is 0 Å². The molecule has 0 fully saturated rings. The molecule has 0 unspecified atom stereocenters. The first-order chi connectivity index (χ1) is 14.4. The van der Waals surface area contributed by atoms with E-state index in [1.54, 1.807) is 0 Å². The fourth-order valence-electron chi connectivity index (χ4n) is 4.92. The minimum atomic E-state index is -4.51. The number of hydrogen-bond acceptors (Lipinski definition) is 0. The predicted octanol–water partition coefficient (Wildman–Crippen LogP) is 5.96. The molecule has 0 radical (unpaired) electrons. The van der Waals surface area contributed by atoms with Crippen LogP contribution in [0.3, 0.4) is 0 Å². The Morgan fingerprint density at radius 1 is 0.400 bits per heavy atom. The normalized spacial score (nSPS) is 12.9. The average Bonchev–Trinajstić information content (AvgIpc) is 2.75. The fraction of sp³-hybridized carbons (Fsp3) is 0.143. The molecule has 0 N–H and O–H groups in total. The van der Waals surface area contributed by atoms with Crippen LogP contribution in [0, 0.1) is 27.7 Å². The van der Waals surface area contributed by atoms with Gasteiger partial charge in [0.25, 0.3) is 0 Å². The minimum absolute atomic E-state index is 0.793. The third-order valence-corrected chi connectivity index (χ3v) is 11.9. The first-order valence-electron chi connectivity index (χ1n) is 10.4. The van der Waals surface area contributed by atoms with E-state index in [4.69, 9.17) is 0 Å². The monoisotopic (exact) mass is 414 g/mol. The molecule has 0 spiro atoms. The first-order valence-corrected chi connectivity index (χ1v) is 12.5. The zero-order valence-corrected chi connectivity index (χ0v) is 19.0. The number of benzene rings is 4. The van der Waals surface area contributed by atoms with Gasteiger partial charge in [0.05, 0.1) is 0 Å². The Morgan fingerprint density at radius 3 is 0.800 bits per heavy atom. The van der Waals surface area contributed by atoms with Crippen molar-refractivity contribution >= 4 is 28.1 Å². The molecule has 0 atom stereocenters. The molecule has 2 heteroatoms. The van der Waals surface area contributed by atoms with Crippen molar-refractivity contribution in [3.63, 3.8) is 0 Å². The van der Waals surface area contributed by atoms with Gasteiger partial charge in [-0.25, -0.2) is 0 Å². The van der Waals surface area contributed by atoms with Gasteiger partial charge >= 0.3 is 179 Å². The van der Waals surface area contributed by atoms with Crippen LogP contribution in [0.5, 0.6) is 0 Å². The molecular weight excluding hydrogens is 386 g/mol. The van der Waals surface area contributed by atoms with Crippen molar-refractivity contribution in [2.24, 2.45) is 0 Å². The average molecular weight is 415 g/mol. The van der Waals surface area contributed by atoms with E-state index in [-0.39, 0.29) is 0 Å². The van der Waals surface area contributed by atoms with E-state index >= 15 is 4.20 Å². The molecule has 0 aromatic heterocycles. The quantitative estimate of drug-likeness (QED) is 0.362. The zero-order valence-electron chi connectivity index (χ0n) is 18.1. The van der Waals surface area contributed by atoms with Gasteiger partial charge in [-0.05, 0) is 0 Å². The van der Waals surface area contributed by atoms with Gasteiger partial charge in [-0.1, -0.05) is 0 Å². The molecule has 0 aliphatic carbocycles. The summed E-state index contributed by atoms with van der Waals surface area (Å²) in [4.78, 5) is 0. The molecule has 0 nitrogen and oxygen atoms in total. The van der Waals surface area contributed by atoms with Crippen LogP contribution in [0.25, 0.3) is 0 Å². The Balaban J connectivity index is 2.37. The molecule has 30 heavy (non-hydrogen) atoms. The second kappa shape index (κ2) is 7.49. The Hall–Kier alpha value is -2.76. The Kier molecular flexibility index (Phi) is 5.12. The van der Waals surface area contributed by atoms with Gasteiger partial charge in [-0.15, -0.1) is 0 Å². The molecule has 0 aliphatic rings. The van der Waals surface area contributed by atoms with Crippen molar-refractivity contribution in [1.82, 2.24) is 0 Å². The molecule has 0 saturated heterocycles. The summed E-state index contributed by atoms with van der Waals surface area (Å²) in [6, 6.07) is 32.0. The van der Waals surface area contributed by atoms with Gasteiger partial charge in [0.15, 0.2) is 0 Å². The molecule has 0 saturated carbocycles. The van der Waals surface area contributed by atoms with Crippen LogP contribution in [0.1, 0.15) is 22.3 Å². The van der Waals surface area contributed by atoms with Crippen molar-refractivity contribution in [2.75, 3.05) is 0 Å². The summed E-state index contributed by atoms with van der Waals surface area (Å²) in [5, 5.41) is 3.17. The topological polar surface area (TPSA) is 0 Å². The van der Waals surface area contributed by atoms with Gasteiger partial charge < -0.3 is 0 Å². The standard InChI is InChI=1S/C28H28FP/c1-21-13-5-9-17-25(21)30(29,26-18-10-6-14-22(26)2,27-19-11-7-15-23(27)3)28-20-12-8-16-24(28)4/h5-20H,1-4H3. The van der Waals surface area contributed by atoms with Crippen LogP contribution < -0.4 is 21.2 Å². The molecule has 4 aromatic carbocycles. The molecule has 4 rings (SSSR count). The second-order valence-electron chi connectivity index (χ2n) is 8.15. The van der Waals surface area contributed by atoms with Crippen LogP contribution in [0.2, 0.25) is 0 Å². The van der Waals surface area contributed by atoms with Gasteiger partial charge in [-0.3, -0.25) is 0 Å². The summed E-state index contributed by atoms with van der Waals surface area (Å²) in [5.74, 6) is 0. The SMILES string of the molecule is Cc1ccccc1P(F)(c1ccccc1C)(c1ccccc1C)c1ccccc1C. The molecule has 0 aliphatic heterocycles. The van der Waals surface area contributed by atoms with Crippen molar-refractivity contribution in [3.8, 4) is 0 Å². The van der Waals surface area contributed by atoms with E-state index in [1.807, 2.05) is 125 Å². The summed E-state index contributed by atoms with van der Waals surface area (Å²) in [6.07, 6.45) is 0. The first kappa shape index (κ1) is 20.5. The maximum atomic E-state index is 19.3. The predicted molar refractivity (Wildman–Crippen MR) is 131 cm³/mol. The summed E-state index contributed by atoms with van der Waals surface area (Å²) < 4.78 is 19.3. The van der Waals surface area contributed by atoms with Crippen LogP contribution in [0.4, 0.5) is 4.20 Å². The summed E-state index contributed by atoms with van der Waals surface area (Å²) in [7, 11) is 0. The van der Waals surface area contributed by atoms with Crippen molar-refractivity contribution in [3.05, 3.63) is 119 Å². The van der Waals surface area contributed by atoms with E-state index in [9.17, 15) is 0 Å². The molecular formula is C28H28FP. The number of hydrogen-bond donors (Lipinski definition) is 0. The van der Waals surface area contributed by atoms with Crippen LogP contribution in [-0.2, 0) is 0 Å². The van der Waals surface area contributed by atoms with E-state index in [0.29, 0.717) is 0 Å². The second-order valence-corrected chi connectivity index (χ2v) is 12.1. The molecule has 0 heterocycles. The van der Waals surface area contributed by atoms with Crippen LogP contribution in [0.15, 0.2) is 97.1 Å². The van der Waals surface area contributed by atoms with Gasteiger partial charge in [0.1, 0.15) is 0 Å². The number of aryl methyl sites for hydroxylation is 4. The number of rotatable bonds is 4. The number of halogens is 1. The third-order valence-electron chi connectivity index (χ3n) is 6.27.